The molecule has 0 aromatic rings. The summed E-state index contributed by atoms with van der Waals surface area (Å²) in [6, 6.07) is 0. The van der Waals surface area contributed by atoms with Gasteiger partial charge in [-0.15, -0.1) is 0 Å². The lowest BCUT2D eigenvalue weighted by atomic mass is 9.47. The third-order valence-corrected chi connectivity index (χ3v) is 11.7. The van der Waals surface area contributed by atoms with Gasteiger partial charge in [0.05, 0.1) is 5.60 Å². The van der Waals surface area contributed by atoms with Gasteiger partial charge in [0.1, 0.15) is 0 Å². The molecule has 0 saturated heterocycles. The fourth-order valence-corrected chi connectivity index (χ4v) is 11.2. The molecule has 2 nitrogen and oxygen atoms in total. The summed E-state index contributed by atoms with van der Waals surface area (Å²) in [7, 11) is -3.02. The maximum Gasteiger partial charge on any atom is 0.184 e. The van der Waals surface area contributed by atoms with Gasteiger partial charge in [-0.3, -0.25) is 0 Å². The molecule has 0 spiro atoms. The highest BCUT2D eigenvalue weighted by molar-refractivity contribution is 6.70. The summed E-state index contributed by atoms with van der Waals surface area (Å²) in [5.74, 6) is 2.57. The monoisotopic (exact) mass is 448 g/mol. The predicted molar refractivity (Wildman–Crippen MR) is 133 cm³/mol. The molecule has 3 saturated carbocycles. The molecular weight excluding hydrogens is 400 g/mol. The van der Waals surface area contributed by atoms with E-state index in [9.17, 15) is 0 Å². The summed E-state index contributed by atoms with van der Waals surface area (Å²) in [6.45, 7) is 21.8. The largest absolute Gasteiger partial charge is 0.414 e. The van der Waals surface area contributed by atoms with Crippen LogP contribution in [0.4, 0.5) is 0 Å². The molecule has 4 heteroatoms. The normalized spacial score (nSPS) is 46.6. The lowest BCUT2D eigenvalue weighted by Crippen LogP contribution is -2.56. The molecule has 0 amide bonds. The molecule has 4 aliphatic rings. The van der Waals surface area contributed by atoms with Gasteiger partial charge in [0, 0.05) is 6.10 Å². The van der Waals surface area contributed by atoms with Crippen molar-refractivity contribution in [3.05, 3.63) is 11.6 Å². The number of hydrogen-bond acceptors (Lipinski definition) is 2. The van der Waals surface area contributed by atoms with Gasteiger partial charge in [-0.25, -0.2) is 0 Å². The Labute approximate surface area is 188 Å². The standard InChI is InChI=1S/C26H48O2Si2/c1-24-15-12-20(27-29(4,5)6)18-19(24)10-11-21-22(24)13-16-25(2)23(21)14-17-26(25,3)28-30(7,8)9/h10,20-23H,11-18H2,1-9H3/t20-,21?,22?,23?,24?,25?,26-/m0/s1. The summed E-state index contributed by atoms with van der Waals surface area (Å²) in [6.07, 6.45) is 13.7. The molecule has 0 heterocycles. The van der Waals surface area contributed by atoms with E-state index in [4.69, 9.17) is 8.85 Å². The molecule has 0 aromatic carbocycles. The lowest BCUT2D eigenvalue weighted by molar-refractivity contribution is -0.106. The van der Waals surface area contributed by atoms with Crippen LogP contribution in [0.15, 0.2) is 11.6 Å². The Morgan fingerprint density at radius 2 is 1.50 bits per heavy atom. The first kappa shape index (κ1) is 23.3. The van der Waals surface area contributed by atoms with E-state index in [0.29, 0.717) is 16.9 Å². The van der Waals surface area contributed by atoms with Crippen LogP contribution in [0.25, 0.3) is 0 Å². The van der Waals surface area contributed by atoms with Crippen LogP contribution in [0.3, 0.4) is 0 Å². The van der Waals surface area contributed by atoms with Crippen LogP contribution in [-0.4, -0.2) is 28.3 Å². The molecule has 0 bridgehead atoms. The van der Waals surface area contributed by atoms with E-state index >= 15 is 0 Å². The molecule has 30 heavy (non-hydrogen) atoms. The van der Waals surface area contributed by atoms with E-state index in [1.165, 1.54) is 51.4 Å². The molecule has 0 N–H and O–H groups in total. The van der Waals surface area contributed by atoms with Crippen LogP contribution < -0.4 is 0 Å². The Morgan fingerprint density at radius 1 is 0.833 bits per heavy atom. The second-order valence-corrected chi connectivity index (χ2v) is 22.7. The van der Waals surface area contributed by atoms with Gasteiger partial charge in [0.15, 0.2) is 16.6 Å². The summed E-state index contributed by atoms with van der Waals surface area (Å²) in [5.41, 5.74) is 2.61. The molecule has 7 atom stereocenters. The van der Waals surface area contributed by atoms with Crippen molar-refractivity contribution in [3.8, 4) is 0 Å². The van der Waals surface area contributed by atoms with Gasteiger partial charge in [-0.2, -0.15) is 0 Å². The van der Waals surface area contributed by atoms with Crippen molar-refractivity contribution < 1.29 is 8.85 Å². The Morgan fingerprint density at radius 3 is 2.13 bits per heavy atom. The summed E-state index contributed by atoms with van der Waals surface area (Å²) in [4.78, 5) is 0. The van der Waals surface area contributed by atoms with E-state index in [1.807, 2.05) is 0 Å². The molecule has 0 aliphatic heterocycles. The average molecular weight is 449 g/mol. The molecule has 0 radical (unpaired) electrons. The quantitative estimate of drug-likeness (QED) is 0.323. The van der Waals surface area contributed by atoms with Crippen LogP contribution >= 0.6 is 0 Å². The SMILES string of the molecule is CC12CC[C@H](O[Si](C)(C)C)CC1=CCC1C2CCC2(C)C1CC[C@]2(C)O[Si](C)(C)C. The maximum absolute atomic E-state index is 6.94. The second kappa shape index (κ2) is 7.30. The zero-order valence-corrected chi connectivity index (χ0v) is 23.4. The van der Waals surface area contributed by atoms with Crippen LogP contribution in [0, 0.1) is 28.6 Å². The van der Waals surface area contributed by atoms with Crippen molar-refractivity contribution >= 4 is 16.6 Å². The fraction of sp³-hybridized carbons (Fsp3) is 0.923. The minimum absolute atomic E-state index is 0.0842. The Balaban J connectivity index is 1.56. The highest BCUT2D eigenvalue weighted by Gasteiger charge is 2.63. The molecule has 3 fully saturated rings. The molecule has 5 unspecified atom stereocenters. The van der Waals surface area contributed by atoms with Crippen molar-refractivity contribution in [2.24, 2.45) is 28.6 Å². The molecule has 4 rings (SSSR count). The van der Waals surface area contributed by atoms with E-state index in [-0.39, 0.29) is 5.60 Å². The number of fused-ring (bicyclic) bond motifs is 5. The average Bonchev–Trinajstić information content (AvgIpc) is 2.83. The van der Waals surface area contributed by atoms with Gasteiger partial charge in [0.25, 0.3) is 0 Å². The third-order valence-electron chi connectivity index (χ3n) is 9.64. The van der Waals surface area contributed by atoms with E-state index in [2.05, 4.69) is 66.1 Å². The minimum Gasteiger partial charge on any atom is -0.414 e. The topological polar surface area (TPSA) is 18.5 Å². The van der Waals surface area contributed by atoms with E-state index in [1.54, 1.807) is 5.57 Å². The van der Waals surface area contributed by atoms with Crippen molar-refractivity contribution in [2.75, 3.05) is 0 Å². The van der Waals surface area contributed by atoms with Crippen LogP contribution in [0.2, 0.25) is 39.3 Å². The highest BCUT2D eigenvalue weighted by atomic mass is 28.4. The Hall–Kier alpha value is 0.0938. The first-order valence-corrected chi connectivity index (χ1v) is 19.6. The molecule has 0 aromatic heterocycles. The van der Waals surface area contributed by atoms with E-state index in [0.717, 1.165) is 17.8 Å². The van der Waals surface area contributed by atoms with Crippen molar-refractivity contribution in [3.63, 3.8) is 0 Å². The van der Waals surface area contributed by atoms with Crippen LogP contribution in [-0.2, 0) is 8.85 Å². The third kappa shape index (κ3) is 3.86. The zero-order valence-electron chi connectivity index (χ0n) is 21.4. The van der Waals surface area contributed by atoms with Gasteiger partial charge in [-0.05, 0) is 126 Å². The zero-order chi connectivity index (χ0) is 22.2. The molecular formula is C26H48O2Si2. The van der Waals surface area contributed by atoms with Crippen molar-refractivity contribution in [1.29, 1.82) is 0 Å². The lowest BCUT2D eigenvalue weighted by Gasteiger charge is -2.60. The van der Waals surface area contributed by atoms with Crippen molar-refractivity contribution in [2.45, 2.75) is 123 Å². The van der Waals surface area contributed by atoms with Crippen molar-refractivity contribution in [1.82, 2.24) is 0 Å². The van der Waals surface area contributed by atoms with Crippen LogP contribution in [0.5, 0.6) is 0 Å². The first-order chi connectivity index (χ1) is 13.7. The predicted octanol–water partition coefficient (Wildman–Crippen LogP) is 7.78. The van der Waals surface area contributed by atoms with Gasteiger partial charge in [-0.1, -0.05) is 25.5 Å². The van der Waals surface area contributed by atoms with Gasteiger partial charge >= 0.3 is 0 Å². The first-order valence-electron chi connectivity index (χ1n) is 12.7. The maximum atomic E-state index is 6.94. The van der Waals surface area contributed by atoms with Gasteiger partial charge < -0.3 is 8.85 Å². The Bertz CT molecular complexity index is 705. The number of hydrogen-bond donors (Lipinski definition) is 0. The summed E-state index contributed by atoms with van der Waals surface area (Å²) < 4.78 is 13.5. The van der Waals surface area contributed by atoms with Gasteiger partial charge in [0.2, 0.25) is 0 Å². The summed E-state index contributed by atoms with van der Waals surface area (Å²) in [5, 5.41) is 0. The van der Waals surface area contributed by atoms with Crippen LogP contribution in [0.1, 0.15) is 72.1 Å². The smallest absolute Gasteiger partial charge is 0.184 e. The second-order valence-electron chi connectivity index (χ2n) is 13.8. The fourth-order valence-electron chi connectivity index (χ4n) is 8.30. The van der Waals surface area contributed by atoms with E-state index < -0.39 is 16.6 Å². The molecule has 172 valence electrons. The number of allylic oxidation sites excluding steroid dienone is 1. The Kier molecular flexibility index (Phi) is 5.66. The molecule has 4 aliphatic carbocycles. The highest BCUT2D eigenvalue weighted by Crippen LogP contribution is 2.68. The number of rotatable bonds is 4. The minimum atomic E-state index is -1.55. The summed E-state index contributed by atoms with van der Waals surface area (Å²) >= 11 is 0.